The average Bonchev–Trinajstić information content (AvgIpc) is 2.57. The Bertz CT molecular complexity index is 419. The monoisotopic (exact) mass is 247 g/mol. The lowest BCUT2D eigenvalue weighted by Gasteiger charge is -2.29. The number of fused-ring (bicyclic) bond motifs is 1. The van der Waals surface area contributed by atoms with Crippen molar-refractivity contribution in [1.29, 1.82) is 0 Å². The number of benzene rings is 1. The maximum Gasteiger partial charge on any atom is 0.219 e. The summed E-state index contributed by atoms with van der Waals surface area (Å²) in [6, 6.07) is 8.55. The Kier molecular flexibility index (Phi) is 4.33. The quantitative estimate of drug-likeness (QED) is 0.820. The van der Waals surface area contributed by atoms with E-state index in [1.165, 1.54) is 11.1 Å². The third-order valence-electron chi connectivity index (χ3n) is 3.61. The number of hydrogen-bond acceptors (Lipinski definition) is 3. The molecule has 1 aliphatic rings. The van der Waals surface area contributed by atoms with Gasteiger partial charge in [-0.2, -0.15) is 0 Å². The molecular formula is C14H21N3O. The summed E-state index contributed by atoms with van der Waals surface area (Å²) >= 11 is 0. The zero-order valence-corrected chi connectivity index (χ0v) is 10.6. The van der Waals surface area contributed by atoms with Crippen LogP contribution in [0.3, 0.4) is 0 Å². The Morgan fingerprint density at radius 1 is 1.33 bits per heavy atom. The number of hydrogen-bond donors (Lipinski definition) is 2. The fourth-order valence-electron chi connectivity index (χ4n) is 2.63. The topological polar surface area (TPSA) is 72.3 Å². The van der Waals surface area contributed by atoms with Crippen molar-refractivity contribution in [1.82, 2.24) is 4.90 Å². The van der Waals surface area contributed by atoms with Crippen LogP contribution in [0.4, 0.5) is 0 Å². The highest BCUT2D eigenvalue weighted by Crippen LogP contribution is 2.20. The fourth-order valence-corrected chi connectivity index (χ4v) is 2.63. The molecule has 0 spiro atoms. The van der Waals surface area contributed by atoms with Gasteiger partial charge in [0.05, 0.1) is 0 Å². The minimum absolute atomic E-state index is 0.0636. The van der Waals surface area contributed by atoms with E-state index in [0.29, 0.717) is 13.0 Å². The zero-order valence-electron chi connectivity index (χ0n) is 10.6. The molecule has 1 unspecified atom stereocenters. The van der Waals surface area contributed by atoms with Gasteiger partial charge < -0.3 is 11.5 Å². The summed E-state index contributed by atoms with van der Waals surface area (Å²) in [4.78, 5) is 13.4. The van der Waals surface area contributed by atoms with E-state index in [-0.39, 0.29) is 11.9 Å². The first kappa shape index (κ1) is 13.1. The number of nitrogens with two attached hydrogens (primary N) is 2. The molecule has 1 heterocycles. The first-order valence-corrected chi connectivity index (χ1v) is 6.50. The van der Waals surface area contributed by atoms with Crippen LogP contribution in [-0.2, 0) is 17.8 Å². The lowest BCUT2D eigenvalue weighted by molar-refractivity contribution is -0.119. The predicted octanol–water partition coefficient (Wildman–Crippen LogP) is 0.637. The molecule has 1 aromatic rings. The Morgan fingerprint density at radius 2 is 2.06 bits per heavy atom. The highest BCUT2D eigenvalue weighted by Gasteiger charge is 2.22. The number of aryl methyl sites for hydroxylation is 1. The molecular weight excluding hydrogens is 226 g/mol. The Morgan fingerprint density at radius 3 is 2.72 bits per heavy atom. The zero-order chi connectivity index (χ0) is 13.0. The molecule has 1 aliphatic heterocycles. The lowest BCUT2D eigenvalue weighted by Crippen LogP contribution is -2.42. The Balaban J connectivity index is 2.13. The van der Waals surface area contributed by atoms with Crippen molar-refractivity contribution >= 4 is 5.91 Å². The smallest absolute Gasteiger partial charge is 0.219 e. The third-order valence-corrected chi connectivity index (χ3v) is 3.61. The minimum Gasteiger partial charge on any atom is -0.370 e. The number of rotatable bonds is 4. The van der Waals surface area contributed by atoms with Crippen molar-refractivity contribution in [2.75, 3.05) is 13.1 Å². The van der Waals surface area contributed by atoms with Crippen molar-refractivity contribution in [2.24, 2.45) is 11.5 Å². The molecule has 98 valence electrons. The minimum atomic E-state index is -0.275. The highest BCUT2D eigenvalue weighted by molar-refractivity contribution is 5.74. The Labute approximate surface area is 108 Å². The van der Waals surface area contributed by atoms with E-state index in [0.717, 1.165) is 25.9 Å². The number of nitrogens with zero attached hydrogens (tertiary/aromatic N) is 1. The molecule has 4 nitrogen and oxygen atoms in total. The molecule has 4 N–H and O–H groups in total. The van der Waals surface area contributed by atoms with Crippen molar-refractivity contribution in [3.05, 3.63) is 35.4 Å². The van der Waals surface area contributed by atoms with E-state index >= 15 is 0 Å². The van der Waals surface area contributed by atoms with Gasteiger partial charge in [0.2, 0.25) is 5.91 Å². The van der Waals surface area contributed by atoms with E-state index in [9.17, 15) is 4.79 Å². The van der Waals surface area contributed by atoms with Gasteiger partial charge in [0, 0.05) is 25.6 Å². The molecule has 0 saturated heterocycles. The van der Waals surface area contributed by atoms with Crippen LogP contribution >= 0.6 is 0 Å². The number of primary amides is 1. The molecule has 0 bridgehead atoms. The van der Waals surface area contributed by atoms with Gasteiger partial charge in [-0.25, -0.2) is 0 Å². The molecule has 4 heteroatoms. The largest absolute Gasteiger partial charge is 0.370 e. The average molecular weight is 247 g/mol. The second kappa shape index (κ2) is 5.98. The van der Waals surface area contributed by atoms with Crippen LogP contribution in [0.1, 0.15) is 24.0 Å². The molecule has 18 heavy (non-hydrogen) atoms. The molecule has 0 aliphatic carbocycles. The predicted molar refractivity (Wildman–Crippen MR) is 71.8 cm³/mol. The van der Waals surface area contributed by atoms with Crippen molar-refractivity contribution in [3.63, 3.8) is 0 Å². The Hall–Kier alpha value is -1.39. The van der Waals surface area contributed by atoms with Crippen LogP contribution in [0.2, 0.25) is 0 Å². The summed E-state index contributed by atoms with van der Waals surface area (Å²) in [5.41, 5.74) is 13.8. The van der Waals surface area contributed by atoms with Gasteiger partial charge in [-0.05, 0) is 30.5 Å². The van der Waals surface area contributed by atoms with Crippen LogP contribution in [-0.4, -0.2) is 29.9 Å². The van der Waals surface area contributed by atoms with Crippen LogP contribution in [0.15, 0.2) is 24.3 Å². The molecule has 1 atom stereocenters. The normalized spacial score (nSPS) is 17.8. The van der Waals surface area contributed by atoms with Gasteiger partial charge in [0.25, 0.3) is 0 Å². The summed E-state index contributed by atoms with van der Waals surface area (Å²) in [7, 11) is 0. The molecule has 2 rings (SSSR count). The van der Waals surface area contributed by atoms with Gasteiger partial charge >= 0.3 is 0 Å². The summed E-state index contributed by atoms with van der Waals surface area (Å²) in [5, 5.41) is 0. The van der Waals surface area contributed by atoms with Crippen molar-refractivity contribution in [3.8, 4) is 0 Å². The fraction of sp³-hybridized carbons (Fsp3) is 0.500. The second-order valence-corrected chi connectivity index (χ2v) is 4.90. The summed E-state index contributed by atoms with van der Waals surface area (Å²) in [6.07, 6.45) is 2.55. The summed E-state index contributed by atoms with van der Waals surface area (Å²) in [6.45, 7) is 2.32. The number of carbonyl (C=O) groups is 1. The second-order valence-electron chi connectivity index (χ2n) is 4.90. The van der Waals surface area contributed by atoms with E-state index in [2.05, 4.69) is 29.2 Å². The van der Waals surface area contributed by atoms with Crippen molar-refractivity contribution in [2.45, 2.75) is 31.8 Å². The maximum absolute atomic E-state index is 11.1. The van der Waals surface area contributed by atoms with E-state index in [1.54, 1.807) is 0 Å². The van der Waals surface area contributed by atoms with Gasteiger partial charge in [-0.1, -0.05) is 24.3 Å². The first-order valence-electron chi connectivity index (χ1n) is 6.50. The van der Waals surface area contributed by atoms with E-state index < -0.39 is 0 Å². The number of carbonyl (C=O) groups excluding carboxylic acids is 1. The first-order chi connectivity index (χ1) is 8.70. The van der Waals surface area contributed by atoms with Gasteiger partial charge in [0.15, 0.2) is 0 Å². The van der Waals surface area contributed by atoms with Crippen molar-refractivity contribution < 1.29 is 4.79 Å². The SMILES string of the molecule is NCC(CC(N)=O)N1CCCc2ccccc2C1. The lowest BCUT2D eigenvalue weighted by atomic mass is 10.0. The van der Waals surface area contributed by atoms with Crippen LogP contribution in [0, 0.1) is 0 Å². The molecule has 1 aromatic carbocycles. The molecule has 0 fully saturated rings. The molecule has 0 radical (unpaired) electrons. The van der Waals surface area contributed by atoms with E-state index in [1.807, 2.05) is 0 Å². The maximum atomic E-state index is 11.1. The van der Waals surface area contributed by atoms with Crippen LogP contribution in [0.25, 0.3) is 0 Å². The summed E-state index contributed by atoms with van der Waals surface area (Å²) < 4.78 is 0. The van der Waals surface area contributed by atoms with Gasteiger partial charge in [-0.3, -0.25) is 9.69 Å². The third kappa shape index (κ3) is 3.09. The van der Waals surface area contributed by atoms with Crippen LogP contribution < -0.4 is 11.5 Å². The molecule has 0 aromatic heterocycles. The van der Waals surface area contributed by atoms with Gasteiger partial charge in [0.1, 0.15) is 0 Å². The summed E-state index contributed by atoms with van der Waals surface area (Å²) in [5.74, 6) is -0.275. The standard InChI is InChI=1S/C14H21N3O/c15-9-13(8-14(16)18)17-7-3-6-11-4-1-2-5-12(11)10-17/h1-2,4-5,13H,3,6-10,15H2,(H2,16,18). The number of amides is 1. The van der Waals surface area contributed by atoms with Crippen LogP contribution in [0.5, 0.6) is 0 Å². The van der Waals surface area contributed by atoms with Gasteiger partial charge in [-0.15, -0.1) is 0 Å². The highest BCUT2D eigenvalue weighted by atomic mass is 16.1. The molecule has 0 saturated carbocycles. The molecule has 1 amide bonds. The van der Waals surface area contributed by atoms with E-state index in [4.69, 9.17) is 11.5 Å².